The van der Waals surface area contributed by atoms with E-state index in [0.717, 1.165) is 47.1 Å². The molecule has 50 heavy (non-hydrogen) atoms. The highest BCUT2D eigenvalue weighted by molar-refractivity contribution is 6.32. The van der Waals surface area contributed by atoms with Gasteiger partial charge in [0.05, 0.1) is 29.2 Å². The Balaban J connectivity index is 1.01. The van der Waals surface area contributed by atoms with E-state index in [1.807, 2.05) is 38.2 Å². The van der Waals surface area contributed by atoms with Crippen LogP contribution < -0.4 is 5.32 Å². The molecule has 1 atom stereocenters. The zero-order valence-electron chi connectivity index (χ0n) is 27.2. The van der Waals surface area contributed by atoms with Gasteiger partial charge in [-0.05, 0) is 62.9 Å². The Morgan fingerprint density at radius 3 is 2.64 bits per heavy atom. The van der Waals surface area contributed by atoms with E-state index in [1.54, 1.807) is 32.3 Å². The molecular weight excluding hydrogens is 668 g/mol. The van der Waals surface area contributed by atoms with Gasteiger partial charge in [-0.2, -0.15) is 10.2 Å². The van der Waals surface area contributed by atoms with Gasteiger partial charge in [0, 0.05) is 48.5 Å². The second-order valence-corrected chi connectivity index (χ2v) is 12.7. The maximum absolute atomic E-state index is 14.3. The number of nitrogens with one attached hydrogen (secondary N) is 1. The average molecular weight is 700 g/mol. The Kier molecular flexibility index (Phi) is 9.06. The molecule has 6 aromatic rings. The number of carbonyl (C=O) groups is 2. The van der Waals surface area contributed by atoms with Crippen LogP contribution in [0.25, 0.3) is 22.7 Å². The van der Waals surface area contributed by atoms with Crippen molar-refractivity contribution in [3.63, 3.8) is 0 Å². The summed E-state index contributed by atoms with van der Waals surface area (Å²) in [4.78, 5) is 36.9. The Labute approximate surface area is 289 Å². The fourth-order valence-corrected chi connectivity index (χ4v) is 6.51. The molecule has 5 aromatic heterocycles. The van der Waals surface area contributed by atoms with E-state index in [1.165, 1.54) is 18.5 Å². The Hall–Kier alpha value is -5.57. The van der Waals surface area contributed by atoms with Crippen molar-refractivity contribution in [3.05, 3.63) is 100 Å². The zero-order chi connectivity index (χ0) is 34.9. The quantitative estimate of drug-likeness (QED) is 0.205. The molecule has 1 N–H and O–H groups in total. The number of pyridine rings is 1. The summed E-state index contributed by atoms with van der Waals surface area (Å²) in [7, 11) is 0. The lowest BCUT2D eigenvalue weighted by Crippen LogP contribution is -2.36. The lowest BCUT2D eigenvalue weighted by molar-refractivity contribution is 0.0722. The van der Waals surface area contributed by atoms with Crippen LogP contribution in [0.2, 0.25) is 5.02 Å². The SMILES string of the molecule is Cc1cc(C)n2ncc(C(=O)Nc3ccc(-c4cn(CC5CCCCN(C(=O)c6cnn(-c7ncccc7Cl)c6C(F)F)C5)nn4)cc3)c2n1. The molecule has 7 rings (SSSR count). The van der Waals surface area contributed by atoms with Gasteiger partial charge in [-0.3, -0.25) is 14.3 Å². The molecule has 256 valence electrons. The first-order chi connectivity index (χ1) is 24.2. The minimum absolute atomic E-state index is 0.0193. The molecule has 16 heteroatoms. The summed E-state index contributed by atoms with van der Waals surface area (Å²) in [5, 5.41) is 20.1. The Bertz CT molecular complexity index is 2190. The van der Waals surface area contributed by atoms with Gasteiger partial charge in [0.25, 0.3) is 18.2 Å². The number of anilines is 1. The van der Waals surface area contributed by atoms with Crippen LogP contribution in [0, 0.1) is 19.8 Å². The molecule has 1 aliphatic heterocycles. The molecular formula is C34H32ClF2N11O2. The summed E-state index contributed by atoms with van der Waals surface area (Å²) in [6.07, 6.45) is 5.40. The molecule has 1 unspecified atom stereocenters. The largest absolute Gasteiger partial charge is 0.338 e. The summed E-state index contributed by atoms with van der Waals surface area (Å²) >= 11 is 6.20. The number of benzene rings is 1. The van der Waals surface area contributed by atoms with Crippen molar-refractivity contribution in [2.24, 2.45) is 5.92 Å². The smallest absolute Gasteiger partial charge is 0.281 e. The first kappa shape index (κ1) is 33.0. The molecule has 13 nitrogen and oxygen atoms in total. The van der Waals surface area contributed by atoms with E-state index < -0.39 is 18.0 Å². The second kappa shape index (κ2) is 13.7. The van der Waals surface area contributed by atoms with Crippen LogP contribution in [0.5, 0.6) is 0 Å². The lowest BCUT2D eigenvalue weighted by Gasteiger charge is -2.24. The van der Waals surface area contributed by atoms with Gasteiger partial charge in [-0.15, -0.1) is 5.10 Å². The molecule has 0 spiro atoms. The average Bonchev–Trinajstić information content (AvgIpc) is 3.81. The van der Waals surface area contributed by atoms with Gasteiger partial charge in [-0.1, -0.05) is 35.4 Å². The third-order valence-corrected chi connectivity index (χ3v) is 8.98. The summed E-state index contributed by atoms with van der Waals surface area (Å²) in [5.74, 6) is -0.778. The molecule has 1 fully saturated rings. The maximum Gasteiger partial charge on any atom is 0.281 e. The number of carbonyl (C=O) groups excluding carboxylic acids is 2. The predicted molar refractivity (Wildman–Crippen MR) is 180 cm³/mol. The lowest BCUT2D eigenvalue weighted by atomic mass is 10.0. The number of likely N-dealkylation sites (tertiary alicyclic amines) is 1. The van der Waals surface area contributed by atoms with Crippen molar-refractivity contribution in [1.82, 2.24) is 49.3 Å². The minimum Gasteiger partial charge on any atom is -0.338 e. The summed E-state index contributed by atoms with van der Waals surface area (Å²) in [6.45, 7) is 5.07. The fraction of sp³-hybridized carbons (Fsp3) is 0.294. The molecule has 6 heterocycles. The molecule has 2 amide bonds. The van der Waals surface area contributed by atoms with Crippen molar-refractivity contribution in [3.8, 4) is 17.1 Å². The van der Waals surface area contributed by atoms with E-state index in [-0.39, 0.29) is 28.2 Å². The fourth-order valence-electron chi connectivity index (χ4n) is 6.31. The van der Waals surface area contributed by atoms with Crippen molar-refractivity contribution in [1.29, 1.82) is 0 Å². The van der Waals surface area contributed by atoms with E-state index >= 15 is 0 Å². The zero-order valence-corrected chi connectivity index (χ0v) is 27.9. The van der Waals surface area contributed by atoms with E-state index in [9.17, 15) is 18.4 Å². The van der Waals surface area contributed by atoms with Crippen LogP contribution in [-0.2, 0) is 6.54 Å². The highest BCUT2D eigenvalue weighted by atomic mass is 35.5. The standard InChI is InChI=1S/C34H32ClF2N11O2/c1-20-14-21(2)47-31(41-20)26(16-39-47)33(49)42-24-10-8-23(9-11-24)28-19-46(44-43-28)18-22-6-3-4-13-45(17-22)34(50)25-15-40-48(29(25)30(36)37)32-27(35)7-5-12-38-32/h5,7-12,14-16,19,22,30H,3-4,6,13,17-18H2,1-2H3,(H,42,49). The summed E-state index contributed by atoms with van der Waals surface area (Å²) in [5.41, 5.74) is 3.88. The predicted octanol–water partition coefficient (Wildman–Crippen LogP) is 5.97. The van der Waals surface area contributed by atoms with Crippen LogP contribution in [0.4, 0.5) is 14.5 Å². The third kappa shape index (κ3) is 6.55. The van der Waals surface area contributed by atoms with Gasteiger partial charge in [0.1, 0.15) is 17.0 Å². The molecule has 0 bridgehead atoms. The van der Waals surface area contributed by atoms with Crippen molar-refractivity contribution < 1.29 is 18.4 Å². The van der Waals surface area contributed by atoms with Gasteiger partial charge >= 0.3 is 0 Å². The number of hydrogen-bond acceptors (Lipinski definition) is 8. The number of fused-ring (bicyclic) bond motifs is 1. The first-order valence-electron chi connectivity index (χ1n) is 16.1. The number of nitrogens with zero attached hydrogens (tertiary/aromatic N) is 10. The Morgan fingerprint density at radius 1 is 1.06 bits per heavy atom. The maximum atomic E-state index is 14.3. The summed E-state index contributed by atoms with van der Waals surface area (Å²) in [6, 6.07) is 12.3. The van der Waals surface area contributed by atoms with Crippen LogP contribution in [0.3, 0.4) is 0 Å². The van der Waals surface area contributed by atoms with Crippen molar-refractivity contribution >= 4 is 34.7 Å². The second-order valence-electron chi connectivity index (χ2n) is 12.3. The van der Waals surface area contributed by atoms with Crippen LogP contribution in [-0.4, -0.2) is 74.2 Å². The number of rotatable bonds is 8. The van der Waals surface area contributed by atoms with Crippen LogP contribution in [0.15, 0.2) is 67.3 Å². The first-order valence-corrected chi connectivity index (χ1v) is 16.4. The number of aryl methyl sites for hydroxylation is 2. The number of halogens is 3. The number of alkyl halides is 2. The molecule has 0 saturated carbocycles. The van der Waals surface area contributed by atoms with Crippen molar-refractivity contribution in [2.45, 2.75) is 46.1 Å². The highest BCUT2D eigenvalue weighted by Gasteiger charge is 2.31. The molecule has 0 radical (unpaired) electrons. The summed E-state index contributed by atoms with van der Waals surface area (Å²) < 4.78 is 32.9. The highest BCUT2D eigenvalue weighted by Crippen LogP contribution is 2.30. The topological polar surface area (TPSA) is 141 Å². The van der Waals surface area contributed by atoms with Gasteiger partial charge in [0.2, 0.25) is 0 Å². The number of aromatic nitrogens is 9. The van der Waals surface area contributed by atoms with Gasteiger partial charge < -0.3 is 10.2 Å². The minimum atomic E-state index is -2.97. The Morgan fingerprint density at radius 2 is 1.86 bits per heavy atom. The third-order valence-electron chi connectivity index (χ3n) is 8.68. The van der Waals surface area contributed by atoms with Gasteiger partial charge in [0.15, 0.2) is 11.5 Å². The molecule has 1 saturated heterocycles. The molecule has 0 aliphatic carbocycles. The van der Waals surface area contributed by atoms with E-state index in [4.69, 9.17) is 11.6 Å². The normalized spacial score (nSPS) is 15.1. The van der Waals surface area contributed by atoms with Crippen LogP contribution in [0.1, 0.15) is 63.5 Å². The molecule has 1 aromatic carbocycles. The van der Waals surface area contributed by atoms with E-state index in [2.05, 4.69) is 35.8 Å². The number of amides is 2. The molecule has 1 aliphatic rings. The van der Waals surface area contributed by atoms with Crippen LogP contribution >= 0.6 is 11.6 Å². The van der Waals surface area contributed by atoms with E-state index in [0.29, 0.717) is 42.2 Å². The van der Waals surface area contributed by atoms with Crippen molar-refractivity contribution in [2.75, 3.05) is 18.4 Å². The van der Waals surface area contributed by atoms with Gasteiger partial charge in [-0.25, -0.2) is 27.9 Å². The number of hydrogen-bond donors (Lipinski definition) is 1. The monoisotopic (exact) mass is 699 g/mol.